The standard InChI is InChI=1S/C38H42N4O6/c1-27(8-5-11-34(44)39(22-23-43)25-28-9-3-2-4-10-28)38(48)32-24-31(41-21-7-13-36(41)46)18-19-33(32)42(37(38)47)26-29-14-16-30(17-15-29)40-20-6-12-35(40)45/h2-5,8-10,14-19,24,27,43,48H,6-7,11-13,20-23,25-26H2,1H3/b8-5+/t27-,38+/m1/s1. The van der Waals surface area contributed by atoms with E-state index < -0.39 is 17.4 Å². The van der Waals surface area contributed by atoms with Gasteiger partial charge in [-0.25, -0.2) is 0 Å². The van der Waals surface area contributed by atoms with Crippen molar-refractivity contribution < 1.29 is 29.4 Å². The molecule has 0 aliphatic carbocycles. The van der Waals surface area contributed by atoms with Crippen molar-refractivity contribution in [2.45, 2.75) is 57.7 Å². The monoisotopic (exact) mass is 650 g/mol. The Morgan fingerprint density at radius 2 is 1.54 bits per heavy atom. The number of fused-ring (bicyclic) bond motifs is 1. The fourth-order valence-corrected chi connectivity index (χ4v) is 6.92. The van der Waals surface area contributed by atoms with Gasteiger partial charge in [-0.15, -0.1) is 0 Å². The number of aliphatic hydroxyl groups is 2. The molecule has 48 heavy (non-hydrogen) atoms. The minimum atomic E-state index is -1.94. The first-order valence-electron chi connectivity index (χ1n) is 16.7. The molecule has 0 saturated carbocycles. The topological polar surface area (TPSA) is 122 Å². The van der Waals surface area contributed by atoms with Crippen molar-refractivity contribution >= 4 is 40.7 Å². The number of anilines is 3. The summed E-state index contributed by atoms with van der Waals surface area (Å²) >= 11 is 0. The molecule has 0 aromatic heterocycles. The zero-order valence-corrected chi connectivity index (χ0v) is 27.3. The van der Waals surface area contributed by atoms with E-state index in [1.807, 2.05) is 60.7 Å². The molecule has 0 radical (unpaired) electrons. The van der Waals surface area contributed by atoms with Crippen LogP contribution in [0.15, 0.2) is 84.9 Å². The maximum atomic E-state index is 14.2. The van der Waals surface area contributed by atoms with Gasteiger partial charge in [0.15, 0.2) is 5.60 Å². The van der Waals surface area contributed by atoms with Crippen molar-refractivity contribution in [3.8, 4) is 0 Å². The Morgan fingerprint density at radius 1 is 0.896 bits per heavy atom. The van der Waals surface area contributed by atoms with Crippen LogP contribution in [0.1, 0.15) is 55.7 Å². The number of aliphatic hydroxyl groups excluding tert-OH is 1. The van der Waals surface area contributed by atoms with Crippen LogP contribution in [0.4, 0.5) is 17.1 Å². The third kappa shape index (κ3) is 6.50. The van der Waals surface area contributed by atoms with Crippen molar-refractivity contribution in [2.24, 2.45) is 5.92 Å². The molecular formula is C38H42N4O6. The van der Waals surface area contributed by atoms with E-state index in [0.717, 1.165) is 29.7 Å². The number of benzene rings is 3. The van der Waals surface area contributed by atoms with E-state index in [1.54, 1.807) is 50.8 Å². The molecule has 6 rings (SSSR count). The number of carbonyl (C=O) groups is 4. The van der Waals surface area contributed by atoms with Crippen molar-refractivity contribution in [3.63, 3.8) is 0 Å². The second-order valence-electron chi connectivity index (χ2n) is 12.8. The summed E-state index contributed by atoms with van der Waals surface area (Å²) in [5.41, 5.74) is 2.28. The van der Waals surface area contributed by atoms with Crippen LogP contribution < -0.4 is 14.7 Å². The van der Waals surface area contributed by atoms with Crippen LogP contribution in [0.3, 0.4) is 0 Å². The molecule has 3 heterocycles. The first-order valence-corrected chi connectivity index (χ1v) is 16.7. The average molecular weight is 651 g/mol. The summed E-state index contributed by atoms with van der Waals surface area (Å²) in [6.07, 6.45) is 5.97. The van der Waals surface area contributed by atoms with Gasteiger partial charge in [-0.1, -0.05) is 61.5 Å². The number of rotatable bonds is 12. The molecule has 0 unspecified atom stereocenters. The highest BCUT2D eigenvalue weighted by Crippen LogP contribution is 2.47. The fourth-order valence-electron chi connectivity index (χ4n) is 6.92. The van der Waals surface area contributed by atoms with Crippen LogP contribution in [0, 0.1) is 5.92 Å². The Hall–Kier alpha value is -4.80. The molecular weight excluding hydrogens is 608 g/mol. The molecule has 0 spiro atoms. The zero-order valence-electron chi connectivity index (χ0n) is 27.3. The highest BCUT2D eigenvalue weighted by molar-refractivity contribution is 6.08. The van der Waals surface area contributed by atoms with Gasteiger partial charge < -0.3 is 29.8 Å². The molecule has 4 amide bonds. The lowest BCUT2D eigenvalue weighted by molar-refractivity contribution is -0.139. The quantitative estimate of drug-likeness (QED) is 0.283. The largest absolute Gasteiger partial charge is 0.395 e. The molecule has 2 N–H and O–H groups in total. The minimum Gasteiger partial charge on any atom is -0.395 e. The summed E-state index contributed by atoms with van der Waals surface area (Å²) in [4.78, 5) is 58.8. The highest BCUT2D eigenvalue weighted by Gasteiger charge is 2.52. The third-order valence-electron chi connectivity index (χ3n) is 9.62. The Kier molecular flexibility index (Phi) is 9.75. The second kappa shape index (κ2) is 14.1. The normalized spacial score (nSPS) is 19.9. The van der Waals surface area contributed by atoms with Gasteiger partial charge in [0.2, 0.25) is 17.7 Å². The maximum absolute atomic E-state index is 14.2. The Labute approximate surface area is 280 Å². The van der Waals surface area contributed by atoms with Crippen LogP contribution in [0.2, 0.25) is 0 Å². The summed E-state index contributed by atoms with van der Waals surface area (Å²) in [7, 11) is 0. The summed E-state index contributed by atoms with van der Waals surface area (Å²) in [5.74, 6) is -1.28. The lowest BCUT2D eigenvalue weighted by Gasteiger charge is -2.28. The predicted octanol–water partition coefficient (Wildman–Crippen LogP) is 4.28. The van der Waals surface area contributed by atoms with Crippen LogP contribution in [-0.2, 0) is 37.9 Å². The van der Waals surface area contributed by atoms with Gasteiger partial charge in [0.25, 0.3) is 5.91 Å². The summed E-state index contributed by atoms with van der Waals surface area (Å²) < 4.78 is 0. The van der Waals surface area contributed by atoms with Crippen LogP contribution >= 0.6 is 0 Å². The SMILES string of the molecule is C[C@H](/C=C/CC(=O)N(CCO)Cc1ccccc1)[C@@]1(O)C(=O)N(Cc2ccc(N3CCCC3=O)cc2)c2ccc(N3CCCC3=O)cc21. The molecule has 2 fully saturated rings. The summed E-state index contributed by atoms with van der Waals surface area (Å²) in [6.45, 7) is 3.60. The van der Waals surface area contributed by atoms with Crippen LogP contribution in [-0.4, -0.2) is 65.0 Å². The molecule has 250 valence electrons. The number of hydrogen-bond acceptors (Lipinski definition) is 6. The van der Waals surface area contributed by atoms with Gasteiger partial charge in [0.05, 0.1) is 18.8 Å². The number of nitrogens with zero attached hydrogens (tertiary/aromatic N) is 4. The second-order valence-corrected chi connectivity index (χ2v) is 12.8. The van der Waals surface area contributed by atoms with E-state index in [2.05, 4.69) is 0 Å². The van der Waals surface area contributed by atoms with Gasteiger partial charge in [-0.2, -0.15) is 0 Å². The maximum Gasteiger partial charge on any atom is 0.264 e. The summed E-state index contributed by atoms with van der Waals surface area (Å²) in [5, 5.41) is 21.9. The number of amides is 4. The van der Waals surface area contributed by atoms with Crippen molar-refractivity contribution in [2.75, 3.05) is 40.9 Å². The van der Waals surface area contributed by atoms with Gasteiger partial charge in [-0.05, 0) is 54.3 Å². The Bertz CT molecular complexity index is 1710. The molecule has 10 heteroatoms. The van der Waals surface area contributed by atoms with Gasteiger partial charge in [0.1, 0.15) is 0 Å². The summed E-state index contributed by atoms with van der Waals surface area (Å²) in [6, 6.07) is 22.5. The van der Waals surface area contributed by atoms with E-state index >= 15 is 0 Å². The van der Waals surface area contributed by atoms with Crippen LogP contribution in [0.25, 0.3) is 0 Å². The Balaban J connectivity index is 1.24. The molecule has 2 atom stereocenters. The van der Waals surface area contributed by atoms with E-state index in [0.29, 0.717) is 49.4 Å². The van der Waals surface area contributed by atoms with Gasteiger partial charge in [0, 0.05) is 68.3 Å². The molecule has 0 bridgehead atoms. The third-order valence-corrected chi connectivity index (χ3v) is 9.62. The molecule has 10 nitrogen and oxygen atoms in total. The van der Waals surface area contributed by atoms with Crippen molar-refractivity contribution in [3.05, 3.63) is 102 Å². The molecule has 3 aliphatic rings. The highest BCUT2D eigenvalue weighted by atomic mass is 16.3. The zero-order chi connectivity index (χ0) is 33.8. The van der Waals surface area contributed by atoms with E-state index in [-0.39, 0.29) is 43.8 Å². The van der Waals surface area contributed by atoms with Crippen molar-refractivity contribution in [1.29, 1.82) is 0 Å². The van der Waals surface area contributed by atoms with Crippen molar-refractivity contribution in [1.82, 2.24) is 4.90 Å². The van der Waals surface area contributed by atoms with Gasteiger partial charge >= 0.3 is 0 Å². The molecule has 3 aromatic rings. The smallest absolute Gasteiger partial charge is 0.264 e. The predicted molar refractivity (Wildman–Crippen MR) is 183 cm³/mol. The number of carbonyl (C=O) groups excluding carboxylic acids is 4. The molecule has 3 aliphatic heterocycles. The van der Waals surface area contributed by atoms with E-state index in [1.165, 1.54) is 0 Å². The minimum absolute atomic E-state index is 0.00522. The average Bonchev–Trinajstić information content (AvgIpc) is 3.78. The molecule has 2 saturated heterocycles. The molecule has 3 aromatic carbocycles. The van der Waals surface area contributed by atoms with Crippen LogP contribution in [0.5, 0.6) is 0 Å². The Morgan fingerprint density at radius 3 is 2.17 bits per heavy atom. The van der Waals surface area contributed by atoms with E-state index in [4.69, 9.17) is 0 Å². The first kappa shape index (κ1) is 33.1. The van der Waals surface area contributed by atoms with E-state index in [9.17, 15) is 29.4 Å². The first-order chi connectivity index (χ1) is 23.2. The van der Waals surface area contributed by atoms with Gasteiger partial charge in [-0.3, -0.25) is 19.2 Å². The lowest BCUT2D eigenvalue weighted by atomic mass is 9.82. The number of hydrogen-bond donors (Lipinski definition) is 2. The lowest BCUT2D eigenvalue weighted by Crippen LogP contribution is -2.44. The fraction of sp³-hybridized carbons (Fsp3) is 0.368.